The largest absolute Gasteiger partial charge is 0.356 e. The Morgan fingerprint density at radius 3 is 2.76 bits per heavy atom. The van der Waals surface area contributed by atoms with Gasteiger partial charge in [-0.25, -0.2) is 0 Å². The molecule has 1 atom stereocenters. The number of nitrogens with zero attached hydrogens (tertiary/aromatic N) is 1. The molecule has 132 valence electrons. The van der Waals surface area contributed by atoms with E-state index in [1.165, 1.54) is 10.4 Å². The molecule has 0 bridgehead atoms. The van der Waals surface area contributed by atoms with E-state index in [-0.39, 0.29) is 17.7 Å². The summed E-state index contributed by atoms with van der Waals surface area (Å²) < 4.78 is 0. The van der Waals surface area contributed by atoms with Gasteiger partial charge in [-0.1, -0.05) is 36.4 Å². The summed E-state index contributed by atoms with van der Waals surface area (Å²) >= 11 is 1.68. The second-order valence-electron chi connectivity index (χ2n) is 6.53. The molecule has 0 aliphatic carbocycles. The zero-order valence-corrected chi connectivity index (χ0v) is 15.1. The van der Waals surface area contributed by atoms with Crippen LogP contribution in [-0.4, -0.2) is 36.3 Å². The van der Waals surface area contributed by atoms with Gasteiger partial charge in [0.05, 0.1) is 0 Å². The van der Waals surface area contributed by atoms with Crippen LogP contribution in [0.3, 0.4) is 0 Å². The number of rotatable bonds is 8. The van der Waals surface area contributed by atoms with E-state index in [1.54, 1.807) is 11.3 Å². The number of nitrogens with one attached hydrogen (secondary N) is 1. The van der Waals surface area contributed by atoms with Gasteiger partial charge in [0, 0.05) is 43.3 Å². The van der Waals surface area contributed by atoms with Crippen molar-refractivity contribution < 1.29 is 9.59 Å². The molecular formula is C20H24N2O2S. The Labute approximate surface area is 152 Å². The minimum Gasteiger partial charge on any atom is -0.356 e. The van der Waals surface area contributed by atoms with E-state index in [9.17, 15) is 9.59 Å². The summed E-state index contributed by atoms with van der Waals surface area (Å²) in [6.07, 6.45) is 2.72. The Balaban J connectivity index is 1.36. The molecule has 1 aliphatic rings. The molecule has 3 rings (SSSR count). The van der Waals surface area contributed by atoms with Crippen molar-refractivity contribution in [3.05, 3.63) is 58.3 Å². The first-order valence-electron chi connectivity index (χ1n) is 8.81. The van der Waals surface area contributed by atoms with E-state index in [2.05, 4.69) is 23.5 Å². The molecule has 2 heterocycles. The minimum atomic E-state index is 0.0728. The third-order valence-corrected chi connectivity index (χ3v) is 5.51. The van der Waals surface area contributed by atoms with Crippen LogP contribution in [0.15, 0.2) is 47.8 Å². The highest BCUT2D eigenvalue weighted by atomic mass is 32.1. The maximum absolute atomic E-state index is 12.1. The number of benzene rings is 1. The quantitative estimate of drug-likeness (QED) is 0.791. The lowest BCUT2D eigenvalue weighted by Gasteiger charge is -2.17. The summed E-state index contributed by atoms with van der Waals surface area (Å²) in [4.78, 5) is 27.3. The third kappa shape index (κ3) is 5.43. The Morgan fingerprint density at radius 1 is 1.16 bits per heavy atom. The van der Waals surface area contributed by atoms with E-state index < -0.39 is 0 Å². The highest BCUT2D eigenvalue weighted by Gasteiger charge is 2.29. The second-order valence-corrected chi connectivity index (χ2v) is 7.56. The van der Waals surface area contributed by atoms with Crippen molar-refractivity contribution in [3.63, 3.8) is 0 Å². The molecule has 1 unspecified atom stereocenters. The predicted molar refractivity (Wildman–Crippen MR) is 100 cm³/mol. The van der Waals surface area contributed by atoms with E-state index in [4.69, 9.17) is 0 Å². The predicted octanol–water partition coefficient (Wildman–Crippen LogP) is 2.89. The van der Waals surface area contributed by atoms with Crippen LogP contribution >= 0.6 is 11.3 Å². The van der Waals surface area contributed by atoms with Gasteiger partial charge in [0.2, 0.25) is 11.8 Å². The van der Waals surface area contributed by atoms with E-state index >= 15 is 0 Å². The van der Waals surface area contributed by atoms with Gasteiger partial charge in [-0.05, 0) is 29.9 Å². The lowest BCUT2D eigenvalue weighted by molar-refractivity contribution is -0.127. The van der Waals surface area contributed by atoms with E-state index in [0.29, 0.717) is 19.4 Å². The fourth-order valence-electron chi connectivity index (χ4n) is 3.15. The lowest BCUT2D eigenvalue weighted by Crippen LogP contribution is -2.32. The Bertz CT molecular complexity index is 685. The highest BCUT2D eigenvalue weighted by Crippen LogP contribution is 2.18. The summed E-state index contributed by atoms with van der Waals surface area (Å²) in [5, 5.41) is 5.02. The SMILES string of the molecule is O=C(CCc1cccs1)NCC1CC(=O)N(CCc2ccccc2)C1. The summed E-state index contributed by atoms with van der Waals surface area (Å²) in [6.45, 7) is 2.10. The molecule has 0 saturated carbocycles. The molecule has 1 aromatic heterocycles. The smallest absolute Gasteiger partial charge is 0.223 e. The number of amides is 2. The number of carbonyl (C=O) groups is 2. The molecule has 25 heavy (non-hydrogen) atoms. The average molecular weight is 356 g/mol. The number of aryl methyl sites for hydroxylation is 1. The highest BCUT2D eigenvalue weighted by molar-refractivity contribution is 7.09. The first-order chi connectivity index (χ1) is 12.2. The normalized spacial score (nSPS) is 17.0. The lowest BCUT2D eigenvalue weighted by atomic mass is 10.1. The standard InChI is InChI=1S/C20H24N2O2S/c23-19(9-8-18-7-4-12-25-18)21-14-17-13-20(24)22(15-17)11-10-16-5-2-1-3-6-16/h1-7,12,17H,8-11,13-15H2,(H,21,23). The number of carbonyl (C=O) groups excluding carboxylic acids is 2. The van der Waals surface area contributed by atoms with Gasteiger partial charge in [0.15, 0.2) is 0 Å². The molecule has 0 radical (unpaired) electrons. The van der Waals surface area contributed by atoms with Crippen LogP contribution < -0.4 is 5.32 Å². The maximum Gasteiger partial charge on any atom is 0.223 e. The molecule has 1 N–H and O–H groups in total. The molecular weight excluding hydrogens is 332 g/mol. The van der Waals surface area contributed by atoms with Crippen molar-refractivity contribution in [3.8, 4) is 0 Å². The van der Waals surface area contributed by atoms with Crippen LogP contribution in [0.5, 0.6) is 0 Å². The zero-order valence-electron chi connectivity index (χ0n) is 14.3. The Hall–Kier alpha value is -2.14. The van der Waals surface area contributed by atoms with E-state index in [0.717, 1.165) is 25.9 Å². The molecule has 2 amide bonds. The minimum absolute atomic E-state index is 0.0728. The summed E-state index contributed by atoms with van der Waals surface area (Å²) in [5.74, 6) is 0.506. The van der Waals surface area contributed by atoms with E-state index in [1.807, 2.05) is 34.5 Å². The fourth-order valence-corrected chi connectivity index (χ4v) is 3.86. The first-order valence-corrected chi connectivity index (χ1v) is 9.69. The monoisotopic (exact) mass is 356 g/mol. The molecule has 5 heteroatoms. The molecule has 1 saturated heterocycles. The van der Waals surface area contributed by atoms with Crippen molar-refractivity contribution in [1.29, 1.82) is 0 Å². The van der Waals surface area contributed by atoms with Crippen molar-refractivity contribution in [2.75, 3.05) is 19.6 Å². The molecule has 0 spiro atoms. The summed E-state index contributed by atoms with van der Waals surface area (Å²) in [7, 11) is 0. The number of thiophene rings is 1. The fraction of sp³-hybridized carbons (Fsp3) is 0.400. The van der Waals surface area contributed by atoms with Gasteiger partial charge in [-0.2, -0.15) is 0 Å². The van der Waals surface area contributed by atoms with Crippen LogP contribution in [0, 0.1) is 5.92 Å². The molecule has 1 aliphatic heterocycles. The van der Waals surface area contributed by atoms with Gasteiger partial charge >= 0.3 is 0 Å². The number of likely N-dealkylation sites (tertiary alicyclic amines) is 1. The first kappa shape index (κ1) is 17.7. The van der Waals surface area contributed by atoms with Crippen molar-refractivity contribution in [1.82, 2.24) is 10.2 Å². The van der Waals surface area contributed by atoms with Crippen LogP contribution in [0.2, 0.25) is 0 Å². The number of hydrogen-bond donors (Lipinski definition) is 1. The summed E-state index contributed by atoms with van der Waals surface area (Å²) in [6, 6.07) is 14.3. The van der Waals surface area contributed by atoms with Crippen LogP contribution in [0.4, 0.5) is 0 Å². The Kier molecular flexibility index (Phi) is 6.23. The van der Waals surface area contributed by atoms with Gasteiger partial charge in [-0.3, -0.25) is 9.59 Å². The number of hydrogen-bond acceptors (Lipinski definition) is 3. The van der Waals surface area contributed by atoms with Crippen molar-refractivity contribution in [2.45, 2.75) is 25.7 Å². The van der Waals surface area contributed by atoms with Gasteiger partial charge in [-0.15, -0.1) is 11.3 Å². The van der Waals surface area contributed by atoms with Crippen molar-refractivity contribution >= 4 is 23.2 Å². The topological polar surface area (TPSA) is 49.4 Å². The average Bonchev–Trinajstić information content (AvgIpc) is 3.27. The molecule has 1 aromatic carbocycles. The molecule has 1 fully saturated rings. The van der Waals surface area contributed by atoms with Crippen molar-refractivity contribution in [2.24, 2.45) is 5.92 Å². The summed E-state index contributed by atoms with van der Waals surface area (Å²) in [5.41, 5.74) is 1.25. The Morgan fingerprint density at radius 2 is 2.00 bits per heavy atom. The maximum atomic E-state index is 12.1. The molecule has 2 aromatic rings. The van der Waals surface area contributed by atoms with Crippen LogP contribution in [0.25, 0.3) is 0 Å². The second kappa shape index (κ2) is 8.81. The zero-order chi connectivity index (χ0) is 17.5. The van der Waals surface area contributed by atoms with Gasteiger partial charge < -0.3 is 10.2 Å². The van der Waals surface area contributed by atoms with Crippen LogP contribution in [0.1, 0.15) is 23.3 Å². The van der Waals surface area contributed by atoms with Gasteiger partial charge in [0.1, 0.15) is 0 Å². The van der Waals surface area contributed by atoms with Crippen LogP contribution in [-0.2, 0) is 22.4 Å². The molecule has 4 nitrogen and oxygen atoms in total. The van der Waals surface area contributed by atoms with Gasteiger partial charge in [0.25, 0.3) is 0 Å². The third-order valence-electron chi connectivity index (χ3n) is 4.57.